The van der Waals surface area contributed by atoms with Crippen LogP contribution in [0.15, 0.2) is 36.0 Å². The number of nitrogens with zero attached hydrogens (tertiary/aromatic N) is 1. The van der Waals surface area contributed by atoms with Crippen molar-refractivity contribution in [3.63, 3.8) is 0 Å². The lowest BCUT2D eigenvalue weighted by Gasteiger charge is -2.29. The molecule has 1 aromatic carbocycles. The van der Waals surface area contributed by atoms with Gasteiger partial charge in [-0.15, -0.1) is 0 Å². The van der Waals surface area contributed by atoms with Crippen molar-refractivity contribution in [3.8, 4) is 0 Å². The summed E-state index contributed by atoms with van der Waals surface area (Å²) < 4.78 is 15.3. The molecule has 1 aromatic rings. The molecule has 2 rings (SSSR count). The van der Waals surface area contributed by atoms with Gasteiger partial charge >= 0.3 is 17.9 Å². The molecule has 152 valence electrons. The minimum absolute atomic E-state index is 0.237. The van der Waals surface area contributed by atoms with E-state index in [1.165, 1.54) is 20.0 Å². The van der Waals surface area contributed by atoms with Gasteiger partial charge in [0.25, 0.3) is 5.79 Å². The van der Waals surface area contributed by atoms with Crippen LogP contribution in [-0.2, 0) is 23.8 Å². The van der Waals surface area contributed by atoms with Crippen LogP contribution < -0.4 is 5.32 Å². The maximum Gasteiger partial charge on any atom is 0.350 e. The minimum atomic E-state index is -1.28. The summed E-state index contributed by atoms with van der Waals surface area (Å²) >= 11 is 0. The standard InChI is InChI=1S/C20H26N2O6/c1-5-22(6-2)11-12-26-17(23)14-7-9-15(10-8-14)21-13-16-18(24)27-20(3,4)28-19(16)25/h7-10,13,21H,5-6,11-12H2,1-4H3. The fourth-order valence-electron chi connectivity index (χ4n) is 2.53. The van der Waals surface area contributed by atoms with Gasteiger partial charge in [0, 0.05) is 32.3 Å². The van der Waals surface area contributed by atoms with Gasteiger partial charge in [-0.3, -0.25) is 0 Å². The summed E-state index contributed by atoms with van der Waals surface area (Å²) in [6.45, 7) is 9.90. The van der Waals surface area contributed by atoms with Gasteiger partial charge in [-0.25, -0.2) is 14.4 Å². The van der Waals surface area contributed by atoms with Gasteiger partial charge in [0.05, 0.1) is 5.56 Å². The fourth-order valence-corrected chi connectivity index (χ4v) is 2.53. The van der Waals surface area contributed by atoms with E-state index in [9.17, 15) is 14.4 Å². The Morgan fingerprint density at radius 2 is 1.68 bits per heavy atom. The predicted molar refractivity (Wildman–Crippen MR) is 102 cm³/mol. The number of cyclic esters (lactones) is 2. The number of anilines is 1. The van der Waals surface area contributed by atoms with E-state index >= 15 is 0 Å². The summed E-state index contributed by atoms with van der Waals surface area (Å²) in [4.78, 5) is 38.0. The molecule has 1 saturated heterocycles. The van der Waals surface area contributed by atoms with Crippen LogP contribution in [0.5, 0.6) is 0 Å². The summed E-state index contributed by atoms with van der Waals surface area (Å²) in [5, 5.41) is 2.82. The van der Waals surface area contributed by atoms with Crippen molar-refractivity contribution < 1.29 is 28.6 Å². The van der Waals surface area contributed by atoms with Crippen LogP contribution in [0.1, 0.15) is 38.1 Å². The number of esters is 3. The highest BCUT2D eigenvalue weighted by Gasteiger charge is 2.38. The Hall–Kier alpha value is -2.87. The summed E-state index contributed by atoms with van der Waals surface area (Å²) in [7, 11) is 0. The minimum Gasteiger partial charge on any atom is -0.461 e. The summed E-state index contributed by atoms with van der Waals surface area (Å²) in [6, 6.07) is 6.48. The highest BCUT2D eigenvalue weighted by molar-refractivity contribution is 6.15. The van der Waals surface area contributed by atoms with E-state index < -0.39 is 23.7 Å². The smallest absolute Gasteiger partial charge is 0.350 e. The molecule has 1 fully saturated rings. The topological polar surface area (TPSA) is 94.2 Å². The molecule has 0 atom stereocenters. The quantitative estimate of drug-likeness (QED) is 0.411. The highest BCUT2D eigenvalue weighted by Crippen LogP contribution is 2.22. The summed E-state index contributed by atoms with van der Waals surface area (Å²) in [6.07, 6.45) is 1.22. The Kier molecular flexibility index (Phi) is 7.17. The molecule has 0 aromatic heterocycles. The molecule has 1 aliphatic heterocycles. The fraction of sp³-hybridized carbons (Fsp3) is 0.450. The number of benzene rings is 1. The van der Waals surface area contributed by atoms with E-state index in [0.29, 0.717) is 24.4 Å². The largest absolute Gasteiger partial charge is 0.461 e. The number of likely N-dealkylation sites (N-methyl/N-ethyl adjacent to an activating group) is 1. The number of carbonyl (C=O) groups excluding carboxylic acids is 3. The molecule has 0 amide bonds. The molecule has 0 spiro atoms. The molecule has 1 heterocycles. The van der Waals surface area contributed by atoms with E-state index in [4.69, 9.17) is 14.2 Å². The van der Waals surface area contributed by atoms with Crippen LogP contribution in [0, 0.1) is 0 Å². The second-order valence-electron chi connectivity index (χ2n) is 6.62. The van der Waals surface area contributed by atoms with E-state index in [0.717, 1.165) is 13.1 Å². The molecule has 0 unspecified atom stereocenters. The number of ether oxygens (including phenoxy) is 3. The summed E-state index contributed by atoms with van der Waals surface area (Å²) in [5.41, 5.74) is 0.757. The van der Waals surface area contributed by atoms with Gasteiger partial charge < -0.3 is 24.4 Å². The average molecular weight is 390 g/mol. The Labute approximate surface area is 164 Å². The molecular formula is C20H26N2O6. The van der Waals surface area contributed by atoms with Gasteiger partial charge in [-0.05, 0) is 37.4 Å². The lowest BCUT2D eigenvalue weighted by molar-refractivity contribution is -0.222. The Morgan fingerprint density at radius 3 is 2.21 bits per heavy atom. The van der Waals surface area contributed by atoms with Crippen molar-refractivity contribution in [1.82, 2.24) is 4.90 Å². The van der Waals surface area contributed by atoms with E-state index in [1.54, 1.807) is 24.3 Å². The van der Waals surface area contributed by atoms with Gasteiger partial charge in [0.15, 0.2) is 5.57 Å². The van der Waals surface area contributed by atoms with Crippen LogP contribution in [0.3, 0.4) is 0 Å². The molecule has 28 heavy (non-hydrogen) atoms. The Bertz CT molecular complexity index is 728. The number of hydrogen-bond donors (Lipinski definition) is 1. The first-order valence-corrected chi connectivity index (χ1v) is 9.18. The van der Waals surface area contributed by atoms with Gasteiger partial charge in [-0.2, -0.15) is 0 Å². The molecule has 0 bridgehead atoms. The third-order valence-corrected chi connectivity index (χ3v) is 4.16. The molecular weight excluding hydrogens is 364 g/mol. The van der Waals surface area contributed by atoms with Crippen molar-refractivity contribution >= 4 is 23.6 Å². The zero-order chi connectivity index (χ0) is 20.7. The predicted octanol–water partition coefficient (Wildman–Crippen LogP) is 2.32. The van der Waals surface area contributed by atoms with E-state index in [-0.39, 0.29) is 5.57 Å². The molecule has 8 nitrogen and oxygen atoms in total. The Balaban J connectivity index is 1.91. The average Bonchev–Trinajstić information content (AvgIpc) is 2.64. The van der Waals surface area contributed by atoms with Crippen molar-refractivity contribution in [2.75, 3.05) is 31.6 Å². The zero-order valence-corrected chi connectivity index (χ0v) is 16.6. The van der Waals surface area contributed by atoms with E-state index in [1.807, 2.05) is 0 Å². The van der Waals surface area contributed by atoms with Gasteiger partial charge in [-0.1, -0.05) is 13.8 Å². The van der Waals surface area contributed by atoms with Crippen LogP contribution in [0.25, 0.3) is 0 Å². The number of nitrogens with one attached hydrogen (secondary N) is 1. The third kappa shape index (κ3) is 5.82. The molecule has 0 saturated carbocycles. The molecule has 1 aliphatic rings. The van der Waals surface area contributed by atoms with Gasteiger partial charge in [0.1, 0.15) is 6.61 Å². The Morgan fingerprint density at radius 1 is 1.11 bits per heavy atom. The lowest BCUT2D eigenvalue weighted by atomic mass is 10.2. The highest BCUT2D eigenvalue weighted by atomic mass is 16.7. The maximum atomic E-state index is 12.1. The molecule has 1 N–H and O–H groups in total. The lowest BCUT2D eigenvalue weighted by Crippen LogP contribution is -2.42. The second kappa shape index (κ2) is 9.36. The monoisotopic (exact) mass is 390 g/mol. The van der Waals surface area contributed by atoms with Crippen LogP contribution in [0.2, 0.25) is 0 Å². The second-order valence-corrected chi connectivity index (χ2v) is 6.62. The first-order valence-electron chi connectivity index (χ1n) is 9.18. The van der Waals surface area contributed by atoms with E-state index in [2.05, 4.69) is 24.1 Å². The first kappa shape index (κ1) is 21.4. The van der Waals surface area contributed by atoms with Crippen molar-refractivity contribution in [2.45, 2.75) is 33.5 Å². The molecule has 8 heteroatoms. The molecule has 0 aliphatic carbocycles. The van der Waals surface area contributed by atoms with Crippen LogP contribution in [-0.4, -0.2) is 54.8 Å². The SMILES string of the molecule is CCN(CC)CCOC(=O)c1ccc(NC=C2C(=O)OC(C)(C)OC2=O)cc1. The molecule has 0 radical (unpaired) electrons. The van der Waals surface area contributed by atoms with Crippen molar-refractivity contribution in [3.05, 3.63) is 41.6 Å². The van der Waals surface area contributed by atoms with Crippen LogP contribution in [0.4, 0.5) is 5.69 Å². The maximum absolute atomic E-state index is 12.1. The van der Waals surface area contributed by atoms with Crippen LogP contribution >= 0.6 is 0 Å². The number of hydrogen-bond acceptors (Lipinski definition) is 8. The third-order valence-electron chi connectivity index (χ3n) is 4.16. The normalized spacial score (nSPS) is 15.7. The zero-order valence-electron chi connectivity index (χ0n) is 16.6. The van der Waals surface area contributed by atoms with Gasteiger partial charge in [0.2, 0.25) is 0 Å². The summed E-state index contributed by atoms with van der Waals surface area (Å²) in [5.74, 6) is -3.21. The van der Waals surface area contributed by atoms with Crippen molar-refractivity contribution in [1.29, 1.82) is 0 Å². The first-order chi connectivity index (χ1) is 13.3. The number of rotatable bonds is 8. The number of carbonyl (C=O) groups is 3. The van der Waals surface area contributed by atoms with Crippen molar-refractivity contribution in [2.24, 2.45) is 0 Å².